The van der Waals surface area contributed by atoms with Crippen molar-refractivity contribution in [1.82, 2.24) is 9.78 Å². The Labute approximate surface area is 104 Å². The number of hydrogen-bond acceptors (Lipinski definition) is 2. The number of nitrogens with two attached hydrogens (primary N) is 1. The fourth-order valence-electron chi connectivity index (χ4n) is 3.00. The topological polar surface area (TPSA) is 43.8 Å². The molecule has 0 aromatic carbocycles. The molecule has 2 N–H and O–H groups in total. The third kappa shape index (κ3) is 2.89. The molecule has 1 aromatic heterocycles. The van der Waals surface area contributed by atoms with Gasteiger partial charge < -0.3 is 5.73 Å². The Bertz CT molecular complexity index is 348. The summed E-state index contributed by atoms with van der Waals surface area (Å²) in [5.74, 6) is 0.652. The largest absolute Gasteiger partial charge is 0.322 e. The molecule has 0 amide bonds. The van der Waals surface area contributed by atoms with Gasteiger partial charge in [-0.3, -0.25) is 4.68 Å². The summed E-state index contributed by atoms with van der Waals surface area (Å²) in [6, 6.07) is 2.34. The Hall–Kier alpha value is -0.830. The molecule has 1 aliphatic rings. The maximum absolute atomic E-state index is 6.47. The summed E-state index contributed by atoms with van der Waals surface area (Å²) in [6.45, 7) is 5.11. The lowest BCUT2D eigenvalue weighted by atomic mass is 9.90. The van der Waals surface area contributed by atoms with Gasteiger partial charge in [0.25, 0.3) is 0 Å². The van der Waals surface area contributed by atoms with Gasteiger partial charge in [0, 0.05) is 12.6 Å². The van der Waals surface area contributed by atoms with E-state index in [2.05, 4.69) is 29.7 Å². The van der Waals surface area contributed by atoms with Gasteiger partial charge >= 0.3 is 0 Å². The van der Waals surface area contributed by atoms with Crippen molar-refractivity contribution in [3.05, 3.63) is 17.5 Å². The monoisotopic (exact) mass is 235 g/mol. The number of nitrogens with zero attached hydrogens (tertiary/aromatic N) is 2. The third-order valence-corrected chi connectivity index (χ3v) is 3.98. The Balaban J connectivity index is 2.13. The van der Waals surface area contributed by atoms with Crippen molar-refractivity contribution in [2.45, 2.75) is 65.0 Å². The standard InChI is InChI=1S/C14H25N3/c1-3-17-13(10-11(2)16-17)14(15)12-8-6-4-5-7-9-12/h10,12,14H,3-9,15H2,1-2H3. The quantitative estimate of drug-likeness (QED) is 0.818. The van der Waals surface area contributed by atoms with Crippen LogP contribution in [0.2, 0.25) is 0 Å². The molecule has 1 aromatic rings. The van der Waals surface area contributed by atoms with E-state index in [9.17, 15) is 0 Å². The van der Waals surface area contributed by atoms with Crippen LogP contribution in [-0.4, -0.2) is 9.78 Å². The maximum Gasteiger partial charge on any atom is 0.0597 e. The fraction of sp³-hybridized carbons (Fsp3) is 0.786. The van der Waals surface area contributed by atoms with Crippen LogP contribution in [0.1, 0.15) is 62.9 Å². The molecule has 1 aliphatic carbocycles. The van der Waals surface area contributed by atoms with E-state index in [0.717, 1.165) is 12.2 Å². The van der Waals surface area contributed by atoms with Gasteiger partial charge in [-0.05, 0) is 38.7 Å². The summed E-state index contributed by atoms with van der Waals surface area (Å²) < 4.78 is 2.07. The highest BCUT2D eigenvalue weighted by Crippen LogP contribution is 2.32. The van der Waals surface area contributed by atoms with Crippen LogP contribution in [0.4, 0.5) is 0 Å². The van der Waals surface area contributed by atoms with E-state index in [1.807, 2.05) is 0 Å². The van der Waals surface area contributed by atoms with E-state index < -0.39 is 0 Å². The van der Waals surface area contributed by atoms with Crippen LogP contribution in [0.25, 0.3) is 0 Å². The summed E-state index contributed by atoms with van der Waals surface area (Å²) in [6.07, 6.45) is 8.03. The van der Waals surface area contributed by atoms with Gasteiger partial charge in [0.15, 0.2) is 0 Å². The lowest BCUT2D eigenvalue weighted by molar-refractivity contribution is 0.364. The van der Waals surface area contributed by atoms with Gasteiger partial charge in [0.1, 0.15) is 0 Å². The van der Waals surface area contributed by atoms with Crippen LogP contribution in [0.5, 0.6) is 0 Å². The molecule has 1 fully saturated rings. The lowest BCUT2D eigenvalue weighted by Crippen LogP contribution is -2.24. The van der Waals surface area contributed by atoms with Gasteiger partial charge in [0.05, 0.1) is 11.4 Å². The number of hydrogen-bond donors (Lipinski definition) is 1. The van der Waals surface area contributed by atoms with Crippen LogP contribution in [0.15, 0.2) is 6.07 Å². The molecule has 1 heterocycles. The Morgan fingerprint density at radius 3 is 2.59 bits per heavy atom. The minimum atomic E-state index is 0.175. The van der Waals surface area contributed by atoms with E-state index in [1.54, 1.807) is 0 Å². The van der Waals surface area contributed by atoms with Gasteiger partial charge in [-0.15, -0.1) is 0 Å². The van der Waals surface area contributed by atoms with Crippen molar-refractivity contribution >= 4 is 0 Å². The zero-order valence-corrected chi connectivity index (χ0v) is 11.2. The third-order valence-electron chi connectivity index (χ3n) is 3.98. The SMILES string of the molecule is CCn1nc(C)cc1C(N)C1CCCCCC1. The summed E-state index contributed by atoms with van der Waals surface area (Å²) in [5, 5.41) is 4.51. The summed E-state index contributed by atoms with van der Waals surface area (Å²) in [7, 11) is 0. The zero-order chi connectivity index (χ0) is 12.3. The van der Waals surface area contributed by atoms with Gasteiger partial charge in [-0.2, -0.15) is 5.10 Å². The van der Waals surface area contributed by atoms with Crippen molar-refractivity contribution in [3.8, 4) is 0 Å². The second kappa shape index (κ2) is 5.67. The molecule has 0 saturated heterocycles. The van der Waals surface area contributed by atoms with Crippen molar-refractivity contribution in [2.24, 2.45) is 11.7 Å². The molecule has 0 spiro atoms. The normalized spacial score (nSPS) is 20.2. The molecule has 96 valence electrons. The number of aromatic nitrogens is 2. The van der Waals surface area contributed by atoms with Crippen LogP contribution in [-0.2, 0) is 6.54 Å². The second-order valence-electron chi connectivity index (χ2n) is 5.30. The van der Waals surface area contributed by atoms with Crippen molar-refractivity contribution in [3.63, 3.8) is 0 Å². The van der Waals surface area contributed by atoms with E-state index in [0.29, 0.717) is 5.92 Å². The van der Waals surface area contributed by atoms with Gasteiger partial charge in [-0.25, -0.2) is 0 Å². The predicted molar refractivity (Wildman–Crippen MR) is 70.8 cm³/mol. The highest BCUT2D eigenvalue weighted by atomic mass is 15.3. The van der Waals surface area contributed by atoms with Crippen LogP contribution < -0.4 is 5.73 Å². The molecular weight excluding hydrogens is 210 g/mol. The van der Waals surface area contributed by atoms with E-state index in [-0.39, 0.29) is 6.04 Å². The zero-order valence-electron chi connectivity index (χ0n) is 11.2. The van der Waals surface area contributed by atoms with Crippen LogP contribution in [0.3, 0.4) is 0 Å². The van der Waals surface area contributed by atoms with E-state index in [1.165, 1.54) is 44.2 Å². The minimum absolute atomic E-state index is 0.175. The summed E-state index contributed by atoms with van der Waals surface area (Å²) in [5.41, 5.74) is 8.79. The number of rotatable bonds is 3. The average Bonchev–Trinajstić information content (AvgIpc) is 2.55. The molecule has 1 atom stereocenters. The highest BCUT2D eigenvalue weighted by Gasteiger charge is 2.23. The van der Waals surface area contributed by atoms with Gasteiger partial charge in [0.2, 0.25) is 0 Å². The van der Waals surface area contributed by atoms with E-state index >= 15 is 0 Å². The Morgan fingerprint density at radius 2 is 2.00 bits per heavy atom. The lowest BCUT2D eigenvalue weighted by Gasteiger charge is -2.22. The van der Waals surface area contributed by atoms with E-state index in [4.69, 9.17) is 5.73 Å². The smallest absolute Gasteiger partial charge is 0.0597 e. The van der Waals surface area contributed by atoms with Gasteiger partial charge in [-0.1, -0.05) is 25.7 Å². The summed E-state index contributed by atoms with van der Waals surface area (Å²) in [4.78, 5) is 0. The molecule has 0 radical (unpaired) electrons. The molecule has 3 heteroatoms. The van der Waals surface area contributed by atoms with Crippen LogP contribution in [0, 0.1) is 12.8 Å². The first-order chi connectivity index (χ1) is 8.22. The summed E-state index contributed by atoms with van der Waals surface area (Å²) >= 11 is 0. The molecule has 0 bridgehead atoms. The molecule has 2 rings (SSSR count). The molecule has 1 saturated carbocycles. The van der Waals surface area contributed by atoms with Crippen molar-refractivity contribution in [2.75, 3.05) is 0 Å². The molecule has 3 nitrogen and oxygen atoms in total. The average molecular weight is 235 g/mol. The Morgan fingerprint density at radius 1 is 1.35 bits per heavy atom. The molecule has 1 unspecified atom stereocenters. The first-order valence-electron chi connectivity index (χ1n) is 7.02. The minimum Gasteiger partial charge on any atom is -0.322 e. The fourth-order valence-corrected chi connectivity index (χ4v) is 3.00. The Kier molecular flexibility index (Phi) is 4.21. The molecular formula is C14H25N3. The van der Waals surface area contributed by atoms with Crippen molar-refractivity contribution in [1.29, 1.82) is 0 Å². The maximum atomic E-state index is 6.47. The second-order valence-corrected chi connectivity index (χ2v) is 5.30. The highest BCUT2D eigenvalue weighted by molar-refractivity contribution is 5.14. The first kappa shape index (κ1) is 12.6. The first-order valence-corrected chi connectivity index (χ1v) is 7.02. The molecule has 0 aliphatic heterocycles. The van der Waals surface area contributed by atoms with Crippen LogP contribution >= 0.6 is 0 Å². The predicted octanol–water partition coefficient (Wildman–Crippen LogP) is 3.18. The van der Waals surface area contributed by atoms with Crippen molar-refractivity contribution < 1.29 is 0 Å². The number of aryl methyl sites for hydroxylation is 2. The molecule has 17 heavy (non-hydrogen) atoms.